The molecule has 20 heavy (non-hydrogen) atoms. The third kappa shape index (κ3) is 1.80. The minimum Gasteiger partial charge on any atom is -0.478 e. The molecule has 2 aromatic rings. The molecule has 0 spiro atoms. The molecule has 0 fully saturated rings. The Bertz CT molecular complexity index is 719. The summed E-state index contributed by atoms with van der Waals surface area (Å²) >= 11 is 0. The predicted molar refractivity (Wildman–Crippen MR) is 79.5 cm³/mol. The third-order valence-electron chi connectivity index (χ3n) is 4.39. The minimum absolute atomic E-state index is 0.410. The summed E-state index contributed by atoms with van der Waals surface area (Å²) in [4.78, 5) is 16.6. The van der Waals surface area contributed by atoms with Gasteiger partial charge in [-0.05, 0) is 50.3 Å². The van der Waals surface area contributed by atoms with Crippen LogP contribution in [-0.4, -0.2) is 16.1 Å². The summed E-state index contributed by atoms with van der Waals surface area (Å²) in [5.74, 6) is -0.413. The van der Waals surface area contributed by atoms with Gasteiger partial charge in [0.1, 0.15) is 0 Å². The molecule has 1 N–H and O–H groups in total. The normalized spacial score (nSPS) is 17.4. The monoisotopic (exact) mass is 269 g/mol. The molecule has 1 heterocycles. The van der Waals surface area contributed by atoms with Crippen molar-refractivity contribution in [1.82, 2.24) is 4.98 Å². The molecule has 0 amide bonds. The summed E-state index contributed by atoms with van der Waals surface area (Å²) in [7, 11) is 0. The van der Waals surface area contributed by atoms with Crippen molar-refractivity contribution in [2.75, 3.05) is 0 Å². The Balaban J connectivity index is 2.44. The lowest BCUT2D eigenvalue weighted by atomic mass is 9.96. The summed E-state index contributed by atoms with van der Waals surface area (Å²) < 4.78 is 0. The van der Waals surface area contributed by atoms with Crippen molar-refractivity contribution in [2.45, 2.75) is 46.0 Å². The number of pyridine rings is 1. The van der Waals surface area contributed by atoms with Gasteiger partial charge in [0.2, 0.25) is 0 Å². The van der Waals surface area contributed by atoms with Crippen molar-refractivity contribution in [3.63, 3.8) is 0 Å². The second-order valence-corrected chi connectivity index (χ2v) is 5.78. The van der Waals surface area contributed by atoms with Crippen LogP contribution in [0.25, 0.3) is 10.9 Å². The van der Waals surface area contributed by atoms with Crippen LogP contribution in [0.1, 0.15) is 58.4 Å². The average molecular weight is 269 g/mol. The van der Waals surface area contributed by atoms with Crippen molar-refractivity contribution in [3.8, 4) is 0 Å². The fraction of sp³-hybridized carbons (Fsp3) is 0.412. The van der Waals surface area contributed by atoms with E-state index in [1.165, 1.54) is 0 Å². The van der Waals surface area contributed by atoms with Gasteiger partial charge in [-0.25, -0.2) is 4.79 Å². The van der Waals surface area contributed by atoms with E-state index in [0.29, 0.717) is 11.5 Å². The Morgan fingerprint density at radius 1 is 1.40 bits per heavy atom. The predicted octanol–water partition coefficient (Wildman–Crippen LogP) is 3.99. The molecule has 1 aromatic carbocycles. The van der Waals surface area contributed by atoms with Crippen molar-refractivity contribution in [3.05, 3.63) is 40.1 Å². The highest BCUT2D eigenvalue weighted by Gasteiger charge is 2.29. The maximum atomic E-state index is 11.8. The fourth-order valence-corrected chi connectivity index (χ4v) is 3.47. The number of hydrogen-bond donors (Lipinski definition) is 1. The minimum atomic E-state index is -0.824. The molecule has 1 unspecified atom stereocenters. The van der Waals surface area contributed by atoms with Crippen molar-refractivity contribution in [2.24, 2.45) is 0 Å². The number of hydrogen-bond acceptors (Lipinski definition) is 2. The number of nitrogens with zero attached hydrogens (tertiary/aromatic N) is 1. The lowest BCUT2D eigenvalue weighted by Crippen LogP contribution is -2.07. The first kappa shape index (κ1) is 13.1. The van der Waals surface area contributed by atoms with E-state index in [1.807, 2.05) is 19.9 Å². The molecule has 3 nitrogen and oxygen atoms in total. The number of carbonyl (C=O) groups is 1. The lowest BCUT2D eigenvalue weighted by molar-refractivity contribution is 0.0698. The number of carboxylic acids is 1. The Hall–Kier alpha value is -1.90. The van der Waals surface area contributed by atoms with Crippen LogP contribution in [0.2, 0.25) is 0 Å². The summed E-state index contributed by atoms with van der Waals surface area (Å²) in [6, 6.07) is 4.03. The van der Waals surface area contributed by atoms with Crippen LogP contribution >= 0.6 is 0 Å². The van der Waals surface area contributed by atoms with Gasteiger partial charge in [0.25, 0.3) is 0 Å². The molecular formula is C17H19NO2. The van der Waals surface area contributed by atoms with Gasteiger partial charge in [-0.3, -0.25) is 4.98 Å². The van der Waals surface area contributed by atoms with E-state index in [4.69, 9.17) is 4.98 Å². The van der Waals surface area contributed by atoms with Gasteiger partial charge in [-0.15, -0.1) is 0 Å². The van der Waals surface area contributed by atoms with E-state index in [2.05, 4.69) is 13.0 Å². The second kappa shape index (κ2) is 4.58. The smallest absolute Gasteiger partial charge is 0.336 e. The molecule has 104 valence electrons. The second-order valence-electron chi connectivity index (χ2n) is 5.78. The molecule has 0 radical (unpaired) electrons. The highest BCUT2D eigenvalue weighted by Crippen LogP contribution is 2.39. The van der Waals surface area contributed by atoms with Gasteiger partial charge in [0, 0.05) is 17.0 Å². The molecular weight excluding hydrogens is 250 g/mol. The number of rotatable bonds is 2. The van der Waals surface area contributed by atoms with Gasteiger partial charge in [0.15, 0.2) is 0 Å². The quantitative estimate of drug-likeness (QED) is 0.896. The SMILES string of the molecule is CCC1CCc2c1nc1c(C)cc(C)cc1c2C(=O)O. The van der Waals surface area contributed by atoms with Gasteiger partial charge >= 0.3 is 5.97 Å². The molecule has 0 saturated heterocycles. The van der Waals surface area contributed by atoms with Gasteiger partial charge in [-0.1, -0.05) is 18.6 Å². The Labute approximate surface area is 118 Å². The van der Waals surface area contributed by atoms with E-state index < -0.39 is 5.97 Å². The summed E-state index contributed by atoms with van der Waals surface area (Å²) in [5, 5.41) is 10.5. The number of fused-ring (bicyclic) bond motifs is 2. The van der Waals surface area contributed by atoms with Gasteiger partial charge in [0.05, 0.1) is 11.1 Å². The largest absolute Gasteiger partial charge is 0.478 e. The van der Waals surface area contributed by atoms with Crippen molar-refractivity contribution >= 4 is 16.9 Å². The molecule has 1 aromatic heterocycles. The molecule has 1 aliphatic carbocycles. The van der Waals surface area contributed by atoms with Crippen LogP contribution < -0.4 is 0 Å². The average Bonchev–Trinajstić information content (AvgIpc) is 2.78. The third-order valence-corrected chi connectivity index (χ3v) is 4.39. The topological polar surface area (TPSA) is 50.2 Å². The molecule has 3 rings (SSSR count). The number of aryl methyl sites for hydroxylation is 2. The van der Waals surface area contributed by atoms with E-state index >= 15 is 0 Å². The maximum Gasteiger partial charge on any atom is 0.336 e. The van der Waals surface area contributed by atoms with Crippen LogP contribution in [0.3, 0.4) is 0 Å². The Morgan fingerprint density at radius 3 is 2.80 bits per heavy atom. The van der Waals surface area contributed by atoms with E-state index in [9.17, 15) is 9.90 Å². The molecule has 0 aliphatic heterocycles. The van der Waals surface area contributed by atoms with Crippen LogP contribution in [0.5, 0.6) is 0 Å². The zero-order chi connectivity index (χ0) is 14.4. The number of aromatic carboxylic acids is 1. The standard InChI is InChI=1S/C17H19NO2/c1-4-11-5-6-12-14(17(19)20)13-8-9(2)7-10(3)15(13)18-16(11)12/h7-8,11H,4-6H2,1-3H3,(H,19,20). The molecule has 3 heteroatoms. The maximum absolute atomic E-state index is 11.8. The molecule has 0 bridgehead atoms. The van der Waals surface area contributed by atoms with Crippen LogP contribution in [0.4, 0.5) is 0 Å². The first-order valence-corrected chi connectivity index (χ1v) is 7.20. The van der Waals surface area contributed by atoms with Gasteiger partial charge < -0.3 is 5.11 Å². The fourth-order valence-electron chi connectivity index (χ4n) is 3.47. The molecule has 1 atom stereocenters. The van der Waals surface area contributed by atoms with Crippen LogP contribution in [0, 0.1) is 13.8 Å². The Morgan fingerprint density at radius 2 is 2.15 bits per heavy atom. The number of aromatic nitrogens is 1. The highest BCUT2D eigenvalue weighted by molar-refractivity contribution is 6.05. The highest BCUT2D eigenvalue weighted by atomic mass is 16.4. The van der Waals surface area contributed by atoms with E-state index in [-0.39, 0.29) is 0 Å². The summed E-state index contributed by atoms with van der Waals surface area (Å²) in [5.41, 5.74) is 5.46. The first-order valence-electron chi connectivity index (χ1n) is 7.20. The lowest BCUT2D eigenvalue weighted by Gasteiger charge is -2.14. The number of benzene rings is 1. The van der Waals surface area contributed by atoms with Crippen LogP contribution in [-0.2, 0) is 6.42 Å². The van der Waals surface area contributed by atoms with Gasteiger partial charge in [-0.2, -0.15) is 0 Å². The van der Waals surface area contributed by atoms with Crippen molar-refractivity contribution in [1.29, 1.82) is 0 Å². The van der Waals surface area contributed by atoms with E-state index in [1.54, 1.807) is 0 Å². The molecule has 0 saturated carbocycles. The van der Waals surface area contributed by atoms with Crippen molar-refractivity contribution < 1.29 is 9.90 Å². The number of carboxylic acid groups (broad SMARTS) is 1. The zero-order valence-electron chi connectivity index (χ0n) is 12.2. The first-order chi connectivity index (χ1) is 9.52. The summed E-state index contributed by atoms with van der Waals surface area (Å²) in [6.07, 6.45) is 2.88. The zero-order valence-corrected chi connectivity index (χ0v) is 12.2. The van der Waals surface area contributed by atoms with E-state index in [0.717, 1.165) is 52.5 Å². The van der Waals surface area contributed by atoms with Crippen LogP contribution in [0.15, 0.2) is 12.1 Å². The Kier molecular flexibility index (Phi) is 3.00. The molecule has 1 aliphatic rings. The summed E-state index contributed by atoms with van der Waals surface area (Å²) in [6.45, 7) is 6.16.